The Morgan fingerprint density at radius 3 is 2.35 bits per heavy atom. The topological polar surface area (TPSA) is 65.1 Å². The van der Waals surface area contributed by atoms with Crippen LogP contribution in [0.25, 0.3) is 0 Å². The second kappa shape index (κ2) is 10.2. The Hall–Kier alpha value is -2.13. The number of piperidine rings is 3. The molecule has 1 N–H and O–H groups in total. The predicted octanol–water partition coefficient (Wildman–Crippen LogP) is 2.51. The van der Waals surface area contributed by atoms with E-state index in [1.165, 1.54) is 12.1 Å². The zero-order chi connectivity index (χ0) is 23.5. The number of methoxy groups -OCH3 is 1. The number of hydrogen-bond acceptors (Lipinski definition) is 6. The number of benzene rings is 2. The monoisotopic (exact) mass is 484 g/mol. The van der Waals surface area contributed by atoms with Crippen LogP contribution >= 0.6 is 0 Å². The Morgan fingerprint density at radius 2 is 1.71 bits per heavy atom. The van der Waals surface area contributed by atoms with E-state index in [-0.39, 0.29) is 10.9 Å². The van der Waals surface area contributed by atoms with Gasteiger partial charge in [0.15, 0.2) is 0 Å². The lowest BCUT2D eigenvalue weighted by Gasteiger charge is -2.51. The summed E-state index contributed by atoms with van der Waals surface area (Å²) in [6.07, 6.45) is 2.32. The van der Waals surface area contributed by atoms with Gasteiger partial charge in [0, 0.05) is 57.5 Å². The van der Waals surface area contributed by atoms with Gasteiger partial charge in [-0.05, 0) is 67.6 Å². The Labute approximate surface area is 203 Å². The van der Waals surface area contributed by atoms with Gasteiger partial charge in [-0.3, -0.25) is 9.80 Å². The number of hydrogen-bond donors (Lipinski definition) is 1. The molecule has 0 aliphatic carbocycles. The molecule has 4 saturated heterocycles. The van der Waals surface area contributed by atoms with Crippen LogP contribution in [0.3, 0.4) is 0 Å². The van der Waals surface area contributed by atoms with Crippen molar-refractivity contribution in [2.24, 2.45) is 11.8 Å². The first kappa shape index (κ1) is 23.6. The van der Waals surface area contributed by atoms with Crippen molar-refractivity contribution in [2.75, 3.05) is 64.4 Å². The molecule has 4 aliphatic rings. The molecule has 0 saturated carbocycles. The van der Waals surface area contributed by atoms with Gasteiger partial charge in [0.25, 0.3) is 0 Å². The van der Waals surface area contributed by atoms with Crippen molar-refractivity contribution in [1.82, 2.24) is 14.5 Å². The van der Waals surface area contributed by atoms with Crippen molar-refractivity contribution in [1.29, 1.82) is 0 Å². The molecular formula is C26H36N4O3S. The second-order valence-electron chi connectivity index (χ2n) is 9.84. The molecule has 0 spiro atoms. The Bertz CT molecular complexity index is 1040. The van der Waals surface area contributed by atoms with Crippen molar-refractivity contribution in [3.63, 3.8) is 0 Å². The maximum Gasteiger partial charge on any atom is 0.240 e. The zero-order valence-electron chi connectivity index (χ0n) is 20.0. The number of ether oxygens (including phenoxy) is 1. The SMILES string of the molecule is COc1ccc(S(=O)(=O)NC[C@H]2C[C@@H]3CCN2C[C@@H]3CN2CCN(c3ccccc3)CC2)cc1. The summed E-state index contributed by atoms with van der Waals surface area (Å²) in [4.78, 5) is 7.92. The van der Waals surface area contributed by atoms with Crippen LogP contribution in [0, 0.1) is 11.8 Å². The Morgan fingerprint density at radius 1 is 0.971 bits per heavy atom. The van der Waals surface area contributed by atoms with Gasteiger partial charge in [-0.1, -0.05) is 18.2 Å². The van der Waals surface area contributed by atoms with Crippen molar-refractivity contribution in [3.8, 4) is 5.75 Å². The molecule has 34 heavy (non-hydrogen) atoms. The maximum absolute atomic E-state index is 12.8. The fourth-order valence-corrected chi connectivity index (χ4v) is 6.94. The average Bonchev–Trinajstić information content (AvgIpc) is 2.89. The summed E-state index contributed by atoms with van der Waals surface area (Å²) in [6, 6.07) is 17.6. The van der Waals surface area contributed by atoms with Crippen LogP contribution in [-0.2, 0) is 10.0 Å². The standard InChI is InChI=1S/C26H36N4O3S/c1-33-25-7-9-26(10-8-25)34(31,32)27-18-24-17-21-11-12-30(24)20-22(21)19-28-13-15-29(16-14-28)23-5-3-2-4-6-23/h2-10,21-22,24,27H,11-20H2,1H3/t21-,22-,24+/m0/s1. The lowest BCUT2D eigenvalue weighted by Crippen LogP contribution is -2.59. The minimum absolute atomic E-state index is 0.289. The van der Waals surface area contributed by atoms with E-state index in [0.717, 1.165) is 52.2 Å². The van der Waals surface area contributed by atoms with E-state index in [4.69, 9.17) is 4.74 Å². The summed E-state index contributed by atoms with van der Waals surface area (Å²) in [5.74, 6) is 2.03. The quantitative estimate of drug-likeness (QED) is 0.621. The van der Waals surface area contributed by atoms with Gasteiger partial charge in [0.1, 0.15) is 5.75 Å². The van der Waals surface area contributed by atoms with Crippen LogP contribution < -0.4 is 14.4 Å². The molecule has 184 valence electrons. The van der Waals surface area contributed by atoms with Crippen LogP contribution in [0.2, 0.25) is 0 Å². The lowest BCUT2D eigenvalue weighted by molar-refractivity contribution is -0.0107. The maximum atomic E-state index is 12.8. The molecule has 4 heterocycles. The molecule has 7 nitrogen and oxygen atoms in total. The minimum atomic E-state index is -3.51. The zero-order valence-corrected chi connectivity index (χ0v) is 20.8. The van der Waals surface area contributed by atoms with Gasteiger partial charge < -0.3 is 9.64 Å². The number of rotatable bonds is 8. The highest BCUT2D eigenvalue weighted by molar-refractivity contribution is 7.89. The number of sulfonamides is 1. The van der Waals surface area contributed by atoms with Gasteiger partial charge in [-0.2, -0.15) is 0 Å². The molecule has 2 aromatic rings. The molecule has 0 radical (unpaired) electrons. The molecule has 1 unspecified atom stereocenters. The fraction of sp³-hybridized carbons (Fsp3) is 0.538. The van der Waals surface area contributed by atoms with E-state index >= 15 is 0 Å². The summed E-state index contributed by atoms with van der Waals surface area (Å²) in [7, 11) is -1.94. The number of piperazine rings is 1. The van der Waals surface area contributed by atoms with Crippen molar-refractivity contribution in [3.05, 3.63) is 54.6 Å². The number of para-hydroxylation sites is 1. The third-order valence-electron chi connectivity index (χ3n) is 7.88. The van der Waals surface area contributed by atoms with E-state index in [0.29, 0.717) is 24.1 Å². The van der Waals surface area contributed by atoms with Crippen molar-refractivity contribution >= 4 is 15.7 Å². The van der Waals surface area contributed by atoms with E-state index < -0.39 is 10.0 Å². The van der Waals surface area contributed by atoms with E-state index in [2.05, 4.69) is 49.8 Å². The number of nitrogens with one attached hydrogen (secondary N) is 1. The van der Waals surface area contributed by atoms with Gasteiger partial charge in [-0.25, -0.2) is 13.1 Å². The van der Waals surface area contributed by atoms with E-state index in [9.17, 15) is 8.42 Å². The normalized spacial score (nSPS) is 27.6. The van der Waals surface area contributed by atoms with Gasteiger partial charge in [0.05, 0.1) is 12.0 Å². The molecule has 0 aromatic heterocycles. The second-order valence-corrected chi connectivity index (χ2v) is 11.6. The van der Waals surface area contributed by atoms with Gasteiger partial charge >= 0.3 is 0 Å². The van der Waals surface area contributed by atoms with Gasteiger partial charge in [-0.15, -0.1) is 0 Å². The first-order chi connectivity index (χ1) is 16.5. The van der Waals surface area contributed by atoms with Crippen LogP contribution in [0.5, 0.6) is 5.75 Å². The molecule has 4 atom stereocenters. The lowest BCUT2D eigenvalue weighted by atomic mass is 9.75. The smallest absolute Gasteiger partial charge is 0.240 e. The predicted molar refractivity (Wildman–Crippen MR) is 135 cm³/mol. The Balaban J connectivity index is 1.11. The summed E-state index contributed by atoms with van der Waals surface area (Å²) in [5, 5.41) is 0. The van der Waals surface area contributed by atoms with E-state index in [1.807, 2.05) is 0 Å². The molecular weight excluding hydrogens is 448 g/mol. The number of anilines is 1. The number of fused-ring (bicyclic) bond motifs is 3. The van der Waals surface area contributed by atoms with Gasteiger partial charge in [0.2, 0.25) is 10.0 Å². The summed E-state index contributed by atoms with van der Waals surface area (Å²) in [5.41, 5.74) is 1.32. The van der Waals surface area contributed by atoms with Crippen molar-refractivity contribution < 1.29 is 13.2 Å². The summed E-state index contributed by atoms with van der Waals surface area (Å²) >= 11 is 0. The molecule has 2 aromatic carbocycles. The Kier molecular flexibility index (Phi) is 7.11. The molecule has 8 heteroatoms. The number of nitrogens with zero attached hydrogens (tertiary/aromatic N) is 3. The highest BCUT2D eigenvalue weighted by Gasteiger charge is 2.41. The summed E-state index contributed by atoms with van der Waals surface area (Å²) < 4.78 is 33.5. The average molecular weight is 485 g/mol. The highest BCUT2D eigenvalue weighted by atomic mass is 32.2. The minimum Gasteiger partial charge on any atom is -0.497 e. The largest absolute Gasteiger partial charge is 0.497 e. The van der Waals surface area contributed by atoms with Crippen molar-refractivity contribution in [2.45, 2.75) is 23.8 Å². The van der Waals surface area contributed by atoms with Crippen LogP contribution in [-0.4, -0.2) is 83.7 Å². The third-order valence-corrected chi connectivity index (χ3v) is 9.32. The highest BCUT2D eigenvalue weighted by Crippen LogP contribution is 2.37. The van der Waals surface area contributed by atoms with Crippen LogP contribution in [0.4, 0.5) is 5.69 Å². The molecule has 4 fully saturated rings. The van der Waals surface area contributed by atoms with Crippen LogP contribution in [0.1, 0.15) is 12.8 Å². The van der Waals surface area contributed by atoms with Crippen LogP contribution in [0.15, 0.2) is 59.5 Å². The first-order valence-electron chi connectivity index (χ1n) is 12.4. The van der Waals surface area contributed by atoms with E-state index in [1.54, 1.807) is 31.4 Å². The molecule has 4 aliphatic heterocycles. The molecule has 0 amide bonds. The first-order valence-corrected chi connectivity index (χ1v) is 13.9. The summed E-state index contributed by atoms with van der Waals surface area (Å²) in [6.45, 7) is 8.20. The fourth-order valence-electron chi connectivity index (χ4n) is 5.87. The molecule has 6 rings (SSSR count). The third kappa shape index (κ3) is 5.25. The molecule has 2 bridgehead atoms.